The molecule has 2 aliphatic heterocycles. The lowest BCUT2D eigenvalue weighted by Crippen LogP contribution is -2.42. The molecule has 31 heavy (non-hydrogen) atoms. The summed E-state index contributed by atoms with van der Waals surface area (Å²) in [6, 6.07) is 2.41. The molecular weight excluding hydrogens is 411 g/mol. The van der Waals surface area contributed by atoms with Crippen LogP contribution in [0.2, 0.25) is 0 Å². The topological polar surface area (TPSA) is 125 Å². The lowest BCUT2D eigenvalue weighted by molar-refractivity contribution is -0.137. The summed E-state index contributed by atoms with van der Waals surface area (Å²) in [5.41, 5.74) is 9.78. The first-order valence-electron chi connectivity index (χ1n) is 9.99. The van der Waals surface area contributed by atoms with Crippen LogP contribution >= 0.6 is 0 Å². The first-order valence-corrected chi connectivity index (χ1v) is 9.99. The summed E-state index contributed by atoms with van der Waals surface area (Å²) >= 11 is 0. The number of alkyl halides is 3. The summed E-state index contributed by atoms with van der Waals surface area (Å²) in [4.78, 5) is 23.7. The number of nitrogens with two attached hydrogens (primary N) is 2. The van der Waals surface area contributed by atoms with Crippen molar-refractivity contribution in [2.45, 2.75) is 31.5 Å². The van der Waals surface area contributed by atoms with Crippen molar-refractivity contribution in [1.29, 1.82) is 5.26 Å². The molecule has 0 unspecified atom stereocenters. The van der Waals surface area contributed by atoms with Crippen LogP contribution in [0.5, 0.6) is 0 Å². The van der Waals surface area contributed by atoms with Gasteiger partial charge in [-0.2, -0.15) is 18.4 Å². The van der Waals surface area contributed by atoms with Gasteiger partial charge in [0.1, 0.15) is 17.5 Å². The Kier molecular flexibility index (Phi) is 6.80. The van der Waals surface area contributed by atoms with Crippen LogP contribution < -0.4 is 16.4 Å². The van der Waals surface area contributed by atoms with E-state index in [1.54, 1.807) is 15.9 Å². The number of allylic oxidation sites excluding steroid dienone is 1. The molecular formula is C20H24F3N7O. The van der Waals surface area contributed by atoms with Gasteiger partial charge in [0.25, 0.3) is 0 Å². The van der Waals surface area contributed by atoms with Gasteiger partial charge in [0.05, 0.1) is 23.8 Å². The van der Waals surface area contributed by atoms with Crippen molar-refractivity contribution in [1.82, 2.24) is 9.88 Å². The third kappa shape index (κ3) is 4.96. The average molecular weight is 435 g/mol. The van der Waals surface area contributed by atoms with Crippen LogP contribution in [0.25, 0.3) is 5.57 Å². The molecule has 0 aromatic carbocycles. The second-order valence-electron chi connectivity index (χ2n) is 7.42. The number of aliphatic imine (C=N–C) groups is 1. The molecule has 1 aromatic heterocycles. The predicted molar refractivity (Wildman–Crippen MR) is 110 cm³/mol. The van der Waals surface area contributed by atoms with Gasteiger partial charge >= 0.3 is 6.18 Å². The number of likely N-dealkylation sites (tertiary alicyclic amines) is 1. The summed E-state index contributed by atoms with van der Waals surface area (Å²) in [7, 11) is 0. The highest BCUT2D eigenvalue weighted by Gasteiger charge is 2.37. The number of piperidine rings is 1. The Morgan fingerprint density at radius 1 is 1.32 bits per heavy atom. The molecule has 0 spiro atoms. The number of pyridine rings is 1. The molecule has 1 aromatic rings. The number of nitriles is 1. The first-order chi connectivity index (χ1) is 14.8. The summed E-state index contributed by atoms with van der Waals surface area (Å²) in [5, 5.41) is 9.35. The Hall–Kier alpha value is -3.13. The molecule has 4 N–H and O–H groups in total. The van der Waals surface area contributed by atoms with Crippen molar-refractivity contribution < 1.29 is 18.0 Å². The number of hydrogen-bond acceptors (Lipinski definition) is 7. The molecule has 3 rings (SSSR count). The average Bonchev–Trinajstić information content (AvgIpc) is 2.72. The van der Waals surface area contributed by atoms with E-state index in [0.29, 0.717) is 39.0 Å². The third-order valence-electron chi connectivity index (χ3n) is 5.46. The number of nitrogens with zero attached hydrogens (tertiary/aromatic N) is 5. The second kappa shape index (κ2) is 9.34. The summed E-state index contributed by atoms with van der Waals surface area (Å²) < 4.78 is 40.9. The second-order valence-corrected chi connectivity index (χ2v) is 7.42. The van der Waals surface area contributed by atoms with Crippen LogP contribution in [-0.2, 0) is 11.0 Å². The van der Waals surface area contributed by atoms with Gasteiger partial charge in [0.2, 0.25) is 5.91 Å². The van der Waals surface area contributed by atoms with E-state index >= 15 is 0 Å². The molecule has 2 fully saturated rings. The summed E-state index contributed by atoms with van der Waals surface area (Å²) in [5.74, 6) is -0.107. The standard InChI is InChI=1S/C20H24F3N7O/c21-20(22,23)16-8-17(28-19(15(16)10-25)30-4-1-5-30)13(9-24)12-27-14-2-6-29(7-3-14)18(31)11-26/h8-9,12,14H,1-7,11,24,26H2/b13-9+,27-12?. The maximum atomic E-state index is 13.6. The smallest absolute Gasteiger partial charge is 0.404 e. The molecule has 2 aliphatic rings. The van der Waals surface area contributed by atoms with E-state index in [1.165, 1.54) is 6.21 Å². The Morgan fingerprint density at radius 2 is 2.00 bits per heavy atom. The van der Waals surface area contributed by atoms with Gasteiger partial charge < -0.3 is 21.3 Å². The SMILES string of the molecule is N#Cc1c(C(F)(F)F)cc(/C(C=NC2CCN(C(=O)CN)CC2)=C/N)nc1N1CCC1. The maximum Gasteiger partial charge on any atom is 0.417 e. The zero-order chi connectivity index (χ0) is 22.6. The number of amides is 1. The zero-order valence-electron chi connectivity index (χ0n) is 16.9. The van der Waals surface area contributed by atoms with Gasteiger partial charge in [-0.1, -0.05) is 0 Å². The zero-order valence-corrected chi connectivity index (χ0v) is 16.9. The summed E-state index contributed by atoms with van der Waals surface area (Å²) in [6.45, 7) is 2.08. The highest BCUT2D eigenvalue weighted by atomic mass is 19.4. The lowest BCUT2D eigenvalue weighted by Gasteiger charge is -2.33. The number of aromatic nitrogens is 1. The Balaban J connectivity index is 1.86. The Morgan fingerprint density at radius 3 is 2.48 bits per heavy atom. The highest BCUT2D eigenvalue weighted by Crippen LogP contribution is 2.37. The van der Waals surface area contributed by atoms with Crippen LogP contribution in [-0.4, -0.2) is 60.8 Å². The van der Waals surface area contributed by atoms with Gasteiger partial charge in [0.15, 0.2) is 0 Å². The fourth-order valence-electron chi connectivity index (χ4n) is 3.54. The normalized spacial score (nSPS) is 18.2. The summed E-state index contributed by atoms with van der Waals surface area (Å²) in [6.07, 6.45) is -0.0714. The molecule has 3 heterocycles. The van der Waals surface area contributed by atoms with E-state index < -0.39 is 17.3 Å². The predicted octanol–water partition coefficient (Wildman–Crippen LogP) is 1.50. The minimum atomic E-state index is -4.71. The molecule has 8 nitrogen and oxygen atoms in total. The molecule has 11 heteroatoms. The van der Waals surface area contributed by atoms with Gasteiger partial charge in [-0.05, 0) is 25.3 Å². The molecule has 0 bridgehead atoms. The van der Waals surface area contributed by atoms with Gasteiger partial charge in [-0.3, -0.25) is 9.79 Å². The van der Waals surface area contributed by atoms with Crippen LogP contribution in [0.1, 0.15) is 36.1 Å². The number of rotatable bonds is 5. The maximum absolute atomic E-state index is 13.6. The van der Waals surface area contributed by atoms with Gasteiger partial charge in [-0.15, -0.1) is 0 Å². The molecule has 1 amide bonds. The minimum absolute atomic E-state index is 0.00946. The van der Waals surface area contributed by atoms with E-state index in [2.05, 4.69) is 9.98 Å². The van der Waals surface area contributed by atoms with E-state index in [4.69, 9.17) is 11.5 Å². The minimum Gasteiger partial charge on any atom is -0.404 e. The molecule has 2 saturated heterocycles. The van der Waals surface area contributed by atoms with Crippen molar-refractivity contribution in [3.05, 3.63) is 29.1 Å². The van der Waals surface area contributed by atoms with E-state index in [0.717, 1.165) is 18.7 Å². The molecule has 166 valence electrons. The quantitative estimate of drug-likeness (QED) is 0.676. The molecule has 0 atom stereocenters. The number of carbonyl (C=O) groups is 1. The molecule has 0 saturated carbocycles. The lowest BCUT2D eigenvalue weighted by atomic mass is 10.0. The number of anilines is 1. The van der Waals surface area contributed by atoms with Crippen molar-refractivity contribution in [3.8, 4) is 6.07 Å². The van der Waals surface area contributed by atoms with E-state index in [1.807, 2.05) is 0 Å². The van der Waals surface area contributed by atoms with Crippen molar-refractivity contribution >= 4 is 23.5 Å². The number of halogens is 3. The van der Waals surface area contributed by atoms with Gasteiger partial charge in [0, 0.05) is 44.2 Å². The fraction of sp³-hybridized carbons (Fsp3) is 0.500. The number of carbonyl (C=O) groups excluding carboxylic acids is 1. The Labute approximate surface area is 178 Å². The van der Waals surface area contributed by atoms with Crippen molar-refractivity contribution in [2.24, 2.45) is 16.5 Å². The van der Waals surface area contributed by atoms with Crippen LogP contribution in [0.3, 0.4) is 0 Å². The van der Waals surface area contributed by atoms with Crippen molar-refractivity contribution in [3.63, 3.8) is 0 Å². The monoisotopic (exact) mass is 435 g/mol. The van der Waals surface area contributed by atoms with Crippen LogP contribution in [0, 0.1) is 11.3 Å². The highest BCUT2D eigenvalue weighted by molar-refractivity contribution is 6.09. The first kappa shape index (κ1) is 22.6. The molecule has 0 radical (unpaired) electrons. The van der Waals surface area contributed by atoms with E-state index in [9.17, 15) is 23.2 Å². The molecule has 0 aliphatic carbocycles. The third-order valence-corrected chi connectivity index (χ3v) is 5.46. The largest absolute Gasteiger partial charge is 0.417 e. The van der Waals surface area contributed by atoms with Crippen LogP contribution in [0.15, 0.2) is 17.3 Å². The fourth-order valence-corrected chi connectivity index (χ4v) is 3.54. The van der Waals surface area contributed by atoms with Crippen molar-refractivity contribution in [2.75, 3.05) is 37.6 Å². The van der Waals surface area contributed by atoms with Gasteiger partial charge in [-0.25, -0.2) is 4.98 Å². The van der Waals surface area contributed by atoms with Crippen LogP contribution in [0.4, 0.5) is 19.0 Å². The number of hydrogen-bond donors (Lipinski definition) is 2. The van der Waals surface area contributed by atoms with E-state index in [-0.39, 0.29) is 35.6 Å². The Bertz CT molecular complexity index is 924.